The van der Waals surface area contributed by atoms with Crippen LogP contribution in [0, 0.1) is 5.41 Å². The van der Waals surface area contributed by atoms with Crippen LogP contribution in [0.2, 0.25) is 5.02 Å². The van der Waals surface area contributed by atoms with Crippen LogP contribution in [0.15, 0.2) is 24.3 Å². The van der Waals surface area contributed by atoms with Gasteiger partial charge in [0.2, 0.25) is 5.91 Å². The van der Waals surface area contributed by atoms with Gasteiger partial charge in [0.25, 0.3) is 0 Å². The van der Waals surface area contributed by atoms with E-state index in [0.29, 0.717) is 18.0 Å². The lowest BCUT2D eigenvalue weighted by molar-refractivity contribution is -0.131. The fraction of sp³-hybridized carbons (Fsp3) is 0.588. The summed E-state index contributed by atoms with van der Waals surface area (Å²) in [5.74, 6) is 0.220. The molecule has 3 rings (SSSR count). The van der Waals surface area contributed by atoms with Gasteiger partial charge in [0.1, 0.15) is 6.17 Å². The maximum Gasteiger partial charge on any atom is 0.238 e. The van der Waals surface area contributed by atoms with E-state index in [-0.39, 0.29) is 12.1 Å². The Labute approximate surface area is 131 Å². The lowest BCUT2D eigenvalue weighted by Crippen LogP contribution is -2.44. The Kier molecular flexibility index (Phi) is 3.98. The van der Waals surface area contributed by atoms with E-state index >= 15 is 0 Å². The zero-order valence-corrected chi connectivity index (χ0v) is 13.5. The lowest BCUT2D eigenvalue weighted by Gasteiger charge is -2.41. The molecule has 2 aliphatic rings. The van der Waals surface area contributed by atoms with Crippen molar-refractivity contribution in [3.63, 3.8) is 0 Å². The molecular weight excluding hydrogens is 284 g/mol. The zero-order chi connectivity index (χ0) is 15.0. The Balaban J connectivity index is 1.84. The van der Waals surface area contributed by atoms with Gasteiger partial charge < -0.3 is 4.90 Å². The molecule has 1 aromatic carbocycles. The second kappa shape index (κ2) is 5.62. The number of benzene rings is 1. The lowest BCUT2D eigenvalue weighted by atomic mass is 9.74. The molecule has 21 heavy (non-hydrogen) atoms. The maximum absolute atomic E-state index is 12.4. The Bertz CT molecular complexity index is 526. The predicted octanol–water partition coefficient (Wildman–Crippen LogP) is 3.74. The highest BCUT2D eigenvalue weighted by molar-refractivity contribution is 6.30. The molecule has 1 saturated heterocycles. The molecule has 0 radical (unpaired) electrons. The number of hydrogen-bond donors (Lipinski definition) is 1. The average Bonchev–Trinajstić information content (AvgIpc) is 2.80. The van der Waals surface area contributed by atoms with Crippen LogP contribution < -0.4 is 5.32 Å². The van der Waals surface area contributed by atoms with Crippen molar-refractivity contribution in [1.82, 2.24) is 10.2 Å². The topological polar surface area (TPSA) is 32.3 Å². The normalized spacial score (nSPS) is 28.9. The molecule has 1 aliphatic heterocycles. The van der Waals surface area contributed by atoms with Gasteiger partial charge in [-0.1, -0.05) is 44.0 Å². The first kappa shape index (κ1) is 14.9. The van der Waals surface area contributed by atoms with Gasteiger partial charge in [-0.3, -0.25) is 10.1 Å². The van der Waals surface area contributed by atoms with Crippen molar-refractivity contribution in [3.05, 3.63) is 34.9 Å². The highest BCUT2D eigenvalue weighted by Gasteiger charge is 2.40. The highest BCUT2D eigenvalue weighted by atomic mass is 35.5. The van der Waals surface area contributed by atoms with E-state index in [0.717, 1.165) is 23.4 Å². The SMILES string of the molecule is CC1(C)CCCC(N2C(=O)CNC2c2ccc(Cl)cc2)C1. The standard InChI is InChI=1S/C17H23ClN2O/c1-17(2)9-3-4-14(10-17)20-15(21)11-19-16(20)12-5-7-13(18)8-6-12/h5-8,14,16,19H,3-4,9-11H2,1-2H3. The first-order chi connectivity index (χ1) is 9.96. The number of rotatable bonds is 2. The van der Waals surface area contributed by atoms with Crippen molar-refractivity contribution in [2.45, 2.75) is 51.7 Å². The maximum atomic E-state index is 12.4. The van der Waals surface area contributed by atoms with Gasteiger partial charge in [-0.2, -0.15) is 0 Å². The minimum Gasteiger partial charge on any atom is -0.319 e. The summed E-state index contributed by atoms with van der Waals surface area (Å²) in [6, 6.07) is 8.16. The van der Waals surface area contributed by atoms with Gasteiger partial charge in [0.05, 0.1) is 6.54 Å². The third-order valence-corrected chi connectivity index (χ3v) is 5.02. The van der Waals surface area contributed by atoms with E-state index < -0.39 is 0 Å². The fourth-order valence-electron chi connectivity index (χ4n) is 3.75. The zero-order valence-electron chi connectivity index (χ0n) is 12.7. The van der Waals surface area contributed by atoms with Crippen LogP contribution in [-0.4, -0.2) is 23.4 Å². The van der Waals surface area contributed by atoms with Crippen LogP contribution in [0.3, 0.4) is 0 Å². The molecule has 3 nitrogen and oxygen atoms in total. The molecule has 1 saturated carbocycles. The Morgan fingerprint density at radius 1 is 1.29 bits per heavy atom. The first-order valence-corrected chi connectivity index (χ1v) is 8.14. The molecule has 2 fully saturated rings. The summed E-state index contributed by atoms with van der Waals surface area (Å²) < 4.78 is 0. The third-order valence-electron chi connectivity index (χ3n) is 4.77. The largest absolute Gasteiger partial charge is 0.319 e. The van der Waals surface area contributed by atoms with Crippen LogP contribution >= 0.6 is 11.6 Å². The van der Waals surface area contributed by atoms with E-state index in [1.807, 2.05) is 24.3 Å². The van der Waals surface area contributed by atoms with Crippen LogP contribution in [0.5, 0.6) is 0 Å². The second-order valence-electron chi connectivity index (χ2n) is 7.05. The average molecular weight is 307 g/mol. The molecule has 2 unspecified atom stereocenters. The highest BCUT2D eigenvalue weighted by Crippen LogP contribution is 2.40. The molecule has 0 aromatic heterocycles. The molecule has 1 N–H and O–H groups in total. The van der Waals surface area contributed by atoms with E-state index in [2.05, 4.69) is 24.1 Å². The Hall–Kier alpha value is -1.06. The minimum absolute atomic E-state index is 0.00586. The smallest absolute Gasteiger partial charge is 0.238 e. The minimum atomic E-state index is -0.00586. The number of halogens is 1. The van der Waals surface area contributed by atoms with E-state index in [1.54, 1.807) is 0 Å². The van der Waals surface area contributed by atoms with Gasteiger partial charge >= 0.3 is 0 Å². The summed E-state index contributed by atoms with van der Waals surface area (Å²) in [7, 11) is 0. The summed E-state index contributed by atoms with van der Waals surface area (Å²) in [4.78, 5) is 14.4. The van der Waals surface area contributed by atoms with Gasteiger partial charge in [-0.15, -0.1) is 0 Å². The summed E-state index contributed by atoms with van der Waals surface area (Å²) in [6.45, 7) is 5.05. The van der Waals surface area contributed by atoms with Gasteiger partial charge in [0.15, 0.2) is 0 Å². The molecular formula is C17H23ClN2O. The van der Waals surface area contributed by atoms with Crippen LogP contribution in [-0.2, 0) is 4.79 Å². The van der Waals surface area contributed by atoms with Crippen molar-refractivity contribution in [2.24, 2.45) is 5.41 Å². The number of amides is 1. The fourth-order valence-corrected chi connectivity index (χ4v) is 3.88. The number of nitrogens with zero attached hydrogens (tertiary/aromatic N) is 1. The van der Waals surface area contributed by atoms with Crippen LogP contribution in [0.1, 0.15) is 51.3 Å². The van der Waals surface area contributed by atoms with Crippen molar-refractivity contribution in [3.8, 4) is 0 Å². The first-order valence-electron chi connectivity index (χ1n) is 7.76. The molecule has 1 heterocycles. The summed E-state index contributed by atoms with van der Waals surface area (Å²) in [5, 5.41) is 4.08. The monoisotopic (exact) mass is 306 g/mol. The van der Waals surface area contributed by atoms with E-state index in [1.165, 1.54) is 12.8 Å². The van der Waals surface area contributed by atoms with Crippen LogP contribution in [0.25, 0.3) is 0 Å². The summed E-state index contributed by atoms with van der Waals surface area (Å²) >= 11 is 5.97. The molecule has 1 amide bonds. The van der Waals surface area contributed by atoms with Crippen molar-refractivity contribution < 1.29 is 4.79 Å². The summed E-state index contributed by atoms with van der Waals surface area (Å²) in [5.41, 5.74) is 1.45. The molecule has 0 bridgehead atoms. The molecule has 0 spiro atoms. The van der Waals surface area contributed by atoms with Gasteiger partial charge in [0, 0.05) is 11.1 Å². The van der Waals surface area contributed by atoms with Crippen molar-refractivity contribution in [2.75, 3.05) is 6.54 Å². The third kappa shape index (κ3) is 3.09. The molecule has 1 aromatic rings. The number of carbonyl (C=O) groups is 1. The molecule has 114 valence electrons. The van der Waals surface area contributed by atoms with Crippen molar-refractivity contribution in [1.29, 1.82) is 0 Å². The Morgan fingerprint density at radius 2 is 2.00 bits per heavy atom. The van der Waals surface area contributed by atoms with Crippen molar-refractivity contribution >= 4 is 17.5 Å². The van der Waals surface area contributed by atoms with Crippen LogP contribution in [0.4, 0.5) is 0 Å². The van der Waals surface area contributed by atoms with Gasteiger partial charge in [-0.05, 0) is 42.4 Å². The summed E-state index contributed by atoms with van der Waals surface area (Å²) in [6.07, 6.45) is 4.65. The number of carbonyl (C=O) groups excluding carboxylic acids is 1. The molecule has 2 atom stereocenters. The Morgan fingerprint density at radius 3 is 2.67 bits per heavy atom. The van der Waals surface area contributed by atoms with E-state index in [9.17, 15) is 4.79 Å². The molecule has 4 heteroatoms. The predicted molar refractivity (Wildman–Crippen MR) is 85.1 cm³/mol. The number of nitrogens with one attached hydrogen (secondary N) is 1. The number of hydrogen-bond acceptors (Lipinski definition) is 2. The second-order valence-corrected chi connectivity index (χ2v) is 7.49. The van der Waals surface area contributed by atoms with Gasteiger partial charge in [-0.25, -0.2) is 0 Å². The molecule has 1 aliphatic carbocycles. The quantitative estimate of drug-likeness (QED) is 0.903. The van der Waals surface area contributed by atoms with E-state index in [4.69, 9.17) is 11.6 Å².